The highest BCUT2D eigenvalue weighted by Crippen LogP contribution is 2.26. The van der Waals surface area contributed by atoms with E-state index in [1.54, 1.807) is 11.6 Å². The zero-order valence-corrected chi connectivity index (χ0v) is 11.6. The summed E-state index contributed by atoms with van der Waals surface area (Å²) in [6.07, 6.45) is 1.85. The lowest BCUT2D eigenvalue weighted by atomic mass is 10.2. The number of anilines is 1. The Bertz CT molecular complexity index is 708. The maximum absolute atomic E-state index is 6.19. The van der Waals surface area contributed by atoms with Crippen molar-refractivity contribution in [3.8, 4) is 5.75 Å². The van der Waals surface area contributed by atoms with Crippen LogP contribution >= 0.6 is 11.6 Å². The number of ether oxygens (including phenoxy) is 1. The van der Waals surface area contributed by atoms with E-state index in [2.05, 4.69) is 15.4 Å². The van der Waals surface area contributed by atoms with Crippen molar-refractivity contribution in [3.63, 3.8) is 0 Å². The molecule has 0 aliphatic heterocycles. The number of nitrogens with zero attached hydrogens (tertiary/aromatic N) is 3. The van der Waals surface area contributed by atoms with E-state index in [0.717, 1.165) is 17.0 Å². The van der Waals surface area contributed by atoms with E-state index in [-0.39, 0.29) is 0 Å². The zero-order chi connectivity index (χ0) is 13.9. The normalized spacial score (nSPS) is 10.7. The second-order valence-corrected chi connectivity index (χ2v) is 4.62. The van der Waals surface area contributed by atoms with Crippen LogP contribution < -0.4 is 10.1 Å². The first-order valence-electron chi connectivity index (χ1n) is 6.14. The number of aromatic nitrogens is 3. The van der Waals surface area contributed by atoms with Gasteiger partial charge in [0.2, 0.25) is 5.95 Å². The van der Waals surface area contributed by atoms with Crippen LogP contribution in [-0.2, 0) is 6.54 Å². The molecule has 0 saturated heterocycles. The fraction of sp³-hybridized carbons (Fsp3) is 0.143. The van der Waals surface area contributed by atoms with Gasteiger partial charge in [0.25, 0.3) is 0 Å². The minimum atomic E-state index is 0.500. The van der Waals surface area contributed by atoms with Crippen molar-refractivity contribution in [2.45, 2.75) is 6.54 Å². The molecule has 0 atom stereocenters. The number of benzene rings is 1. The minimum absolute atomic E-state index is 0.500. The Kier molecular flexibility index (Phi) is 3.43. The molecule has 0 aliphatic carbocycles. The summed E-state index contributed by atoms with van der Waals surface area (Å²) in [5.41, 5.74) is 1.68. The van der Waals surface area contributed by atoms with E-state index in [1.807, 2.05) is 42.6 Å². The van der Waals surface area contributed by atoms with Gasteiger partial charge in [0.05, 0.1) is 7.11 Å². The first kappa shape index (κ1) is 12.7. The van der Waals surface area contributed by atoms with E-state index < -0.39 is 0 Å². The van der Waals surface area contributed by atoms with Crippen molar-refractivity contribution >= 4 is 23.2 Å². The van der Waals surface area contributed by atoms with Crippen molar-refractivity contribution < 1.29 is 4.74 Å². The molecular weight excluding hydrogens is 276 g/mol. The molecule has 0 aliphatic rings. The largest absolute Gasteiger partial charge is 0.496 e. The molecule has 0 amide bonds. The summed E-state index contributed by atoms with van der Waals surface area (Å²) in [5.74, 6) is 1.30. The lowest BCUT2D eigenvalue weighted by Gasteiger charge is -2.10. The molecule has 1 N–H and O–H groups in total. The summed E-state index contributed by atoms with van der Waals surface area (Å²) < 4.78 is 7.02. The van der Waals surface area contributed by atoms with Gasteiger partial charge in [0.1, 0.15) is 5.75 Å². The first-order chi connectivity index (χ1) is 9.78. The third kappa shape index (κ3) is 2.40. The molecule has 2 heterocycles. The Morgan fingerprint density at radius 2 is 2.15 bits per heavy atom. The number of pyridine rings is 1. The predicted octanol–water partition coefficient (Wildman–Crippen LogP) is 3.00. The summed E-state index contributed by atoms with van der Waals surface area (Å²) in [4.78, 5) is 4.37. The smallest absolute Gasteiger partial charge is 0.243 e. The van der Waals surface area contributed by atoms with E-state index in [1.165, 1.54) is 0 Å². The Labute approximate surface area is 121 Å². The van der Waals surface area contributed by atoms with Gasteiger partial charge in [-0.15, -0.1) is 5.10 Å². The van der Waals surface area contributed by atoms with Gasteiger partial charge in [0.15, 0.2) is 5.65 Å². The third-order valence-corrected chi connectivity index (χ3v) is 3.31. The zero-order valence-electron chi connectivity index (χ0n) is 10.9. The Morgan fingerprint density at radius 3 is 2.95 bits per heavy atom. The van der Waals surface area contributed by atoms with Crippen LogP contribution in [0.25, 0.3) is 5.65 Å². The molecule has 2 aromatic heterocycles. The second-order valence-electron chi connectivity index (χ2n) is 4.21. The molecule has 0 saturated carbocycles. The van der Waals surface area contributed by atoms with Crippen LogP contribution in [0, 0.1) is 0 Å². The van der Waals surface area contributed by atoms with Crippen LogP contribution in [0.15, 0.2) is 42.6 Å². The van der Waals surface area contributed by atoms with E-state index in [9.17, 15) is 0 Å². The van der Waals surface area contributed by atoms with Crippen molar-refractivity contribution in [3.05, 3.63) is 53.2 Å². The highest BCUT2D eigenvalue weighted by molar-refractivity contribution is 6.31. The number of rotatable bonds is 4. The molecule has 3 rings (SSSR count). The fourth-order valence-corrected chi connectivity index (χ4v) is 2.21. The van der Waals surface area contributed by atoms with Crippen LogP contribution in [0.3, 0.4) is 0 Å². The summed E-state index contributed by atoms with van der Waals surface area (Å²) >= 11 is 6.19. The molecule has 0 radical (unpaired) electrons. The minimum Gasteiger partial charge on any atom is -0.496 e. The summed E-state index contributed by atoms with van der Waals surface area (Å²) in [6.45, 7) is 0.500. The molecule has 3 aromatic rings. The maximum Gasteiger partial charge on any atom is 0.243 e. The van der Waals surface area contributed by atoms with E-state index >= 15 is 0 Å². The molecule has 0 unspecified atom stereocenters. The van der Waals surface area contributed by atoms with Gasteiger partial charge < -0.3 is 10.1 Å². The maximum atomic E-state index is 6.19. The number of fused-ring (bicyclic) bond motifs is 1. The van der Waals surface area contributed by atoms with Crippen molar-refractivity contribution in [1.29, 1.82) is 0 Å². The van der Waals surface area contributed by atoms with Gasteiger partial charge in [0, 0.05) is 23.3 Å². The van der Waals surface area contributed by atoms with Gasteiger partial charge in [-0.1, -0.05) is 23.7 Å². The number of hydrogen-bond donors (Lipinski definition) is 1. The molecular formula is C14H13ClN4O. The molecule has 0 fully saturated rings. The summed E-state index contributed by atoms with van der Waals surface area (Å²) in [7, 11) is 1.62. The topological polar surface area (TPSA) is 51.5 Å². The number of nitrogens with one attached hydrogen (secondary N) is 1. The van der Waals surface area contributed by atoms with Crippen molar-refractivity contribution in [2.75, 3.05) is 12.4 Å². The van der Waals surface area contributed by atoms with Gasteiger partial charge in [-0.25, -0.2) is 4.52 Å². The molecule has 6 heteroatoms. The van der Waals surface area contributed by atoms with Crippen LogP contribution in [0.1, 0.15) is 5.56 Å². The van der Waals surface area contributed by atoms with Crippen LogP contribution in [0.5, 0.6) is 5.75 Å². The average molecular weight is 289 g/mol. The number of halogens is 1. The molecule has 0 spiro atoms. The van der Waals surface area contributed by atoms with Crippen molar-refractivity contribution in [1.82, 2.24) is 14.6 Å². The SMILES string of the molecule is COc1cccc(Cl)c1CNc1nc2ccccn2n1. The standard InChI is InChI=1S/C14H13ClN4O/c1-20-12-6-4-5-11(15)10(12)9-16-14-17-13-7-2-3-8-19(13)18-14/h2-8H,9H2,1H3,(H,16,18). The van der Waals surface area contributed by atoms with E-state index in [4.69, 9.17) is 16.3 Å². The first-order valence-corrected chi connectivity index (χ1v) is 6.52. The monoisotopic (exact) mass is 288 g/mol. The summed E-state index contributed by atoms with van der Waals surface area (Å²) in [6, 6.07) is 11.3. The molecule has 102 valence electrons. The Morgan fingerprint density at radius 1 is 1.25 bits per heavy atom. The summed E-state index contributed by atoms with van der Waals surface area (Å²) in [5, 5.41) is 8.14. The van der Waals surface area contributed by atoms with Gasteiger partial charge in [-0.2, -0.15) is 4.98 Å². The highest BCUT2D eigenvalue weighted by Gasteiger charge is 2.09. The van der Waals surface area contributed by atoms with Crippen LogP contribution in [-0.4, -0.2) is 21.7 Å². The average Bonchev–Trinajstić information content (AvgIpc) is 2.88. The van der Waals surface area contributed by atoms with Gasteiger partial charge in [-0.05, 0) is 24.3 Å². The van der Waals surface area contributed by atoms with Gasteiger partial charge >= 0.3 is 0 Å². The number of methoxy groups -OCH3 is 1. The fourth-order valence-electron chi connectivity index (χ4n) is 1.98. The molecule has 1 aromatic carbocycles. The van der Waals surface area contributed by atoms with E-state index in [0.29, 0.717) is 17.5 Å². The van der Waals surface area contributed by atoms with Crippen LogP contribution in [0.2, 0.25) is 5.02 Å². The predicted molar refractivity (Wildman–Crippen MR) is 78.3 cm³/mol. The lowest BCUT2D eigenvalue weighted by Crippen LogP contribution is -2.04. The Balaban J connectivity index is 1.82. The quantitative estimate of drug-likeness (QED) is 0.802. The number of hydrogen-bond acceptors (Lipinski definition) is 4. The third-order valence-electron chi connectivity index (χ3n) is 2.96. The molecule has 0 bridgehead atoms. The van der Waals surface area contributed by atoms with Gasteiger partial charge in [-0.3, -0.25) is 0 Å². The lowest BCUT2D eigenvalue weighted by molar-refractivity contribution is 0.410. The second kappa shape index (κ2) is 5.38. The molecule has 5 nitrogen and oxygen atoms in total. The Hall–Kier alpha value is -2.27. The van der Waals surface area contributed by atoms with Crippen molar-refractivity contribution in [2.24, 2.45) is 0 Å². The van der Waals surface area contributed by atoms with Crippen LogP contribution in [0.4, 0.5) is 5.95 Å². The highest BCUT2D eigenvalue weighted by atomic mass is 35.5. The molecule has 20 heavy (non-hydrogen) atoms.